The lowest BCUT2D eigenvalue weighted by Crippen LogP contribution is -2.33. The van der Waals surface area contributed by atoms with Gasteiger partial charge in [0.2, 0.25) is 11.8 Å². The van der Waals surface area contributed by atoms with E-state index in [4.69, 9.17) is 4.42 Å². The molecule has 8 heteroatoms. The molecule has 1 atom stereocenters. The fourth-order valence-corrected chi connectivity index (χ4v) is 5.10. The van der Waals surface area contributed by atoms with E-state index in [1.807, 2.05) is 59.1 Å². The summed E-state index contributed by atoms with van der Waals surface area (Å²) in [7, 11) is 0. The van der Waals surface area contributed by atoms with Gasteiger partial charge in [0.25, 0.3) is 5.22 Å². The lowest BCUT2D eigenvalue weighted by Gasteiger charge is -2.22. The quantitative estimate of drug-likeness (QED) is 0.463. The molecule has 2 heterocycles. The van der Waals surface area contributed by atoms with Crippen LogP contribution in [0.2, 0.25) is 0 Å². The fourth-order valence-electron chi connectivity index (χ4n) is 2.95. The van der Waals surface area contributed by atoms with E-state index in [2.05, 4.69) is 39.1 Å². The second-order valence-corrected chi connectivity index (χ2v) is 9.72. The van der Waals surface area contributed by atoms with Crippen molar-refractivity contribution in [3.05, 3.63) is 53.0 Å². The van der Waals surface area contributed by atoms with Gasteiger partial charge in [-0.1, -0.05) is 52.8 Å². The molecule has 1 aromatic heterocycles. The number of carbonyl (C=O) groups is 1. The van der Waals surface area contributed by atoms with Gasteiger partial charge in [0, 0.05) is 26.7 Å². The summed E-state index contributed by atoms with van der Waals surface area (Å²) in [5.74, 6) is 0.754. The Morgan fingerprint density at radius 3 is 3.00 bits per heavy atom. The normalized spacial score (nSPS) is 16.5. The van der Waals surface area contributed by atoms with E-state index in [1.54, 1.807) is 0 Å². The van der Waals surface area contributed by atoms with Gasteiger partial charge in [-0.25, -0.2) is 0 Å². The molecule has 3 aromatic rings. The molecule has 0 saturated carbocycles. The molecule has 0 radical (unpaired) electrons. The first-order chi connectivity index (χ1) is 13.6. The molecule has 0 spiro atoms. The Labute approximate surface area is 180 Å². The van der Waals surface area contributed by atoms with Crippen molar-refractivity contribution >= 4 is 51.0 Å². The van der Waals surface area contributed by atoms with Gasteiger partial charge in [-0.2, -0.15) is 0 Å². The number of aromatic nitrogens is 2. The zero-order chi connectivity index (χ0) is 19.5. The maximum absolute atomic E-state index is 12.9. The molecule has 5 nitrogen and oxygen atoms in total. The molecule has 28 heavy (non-hydrogen) atoms. The Kier molecular flexibility index (Phi) is 6.08. The molecule has 0 N–H and O–H groups in total. The highest BCUT2D eigenvalue weighted by Crippen LogP contribution is 2.37. The van der Waals surface area contributed by atoms with Gasteiger partial charge in [-0.3, -0.25) is 4.79 Å². The lowest BCUT2D eigenvalue weighted by molar-refractivity contribution is -0.116. The van der Waals surface area contributed by atoms with Crippen LogP contribution in [0.4, 0.5) is 5.69 Å². The summed E-state index contributed by atoms with van der Waals surface area (Å²) < 4.78 is 6.66. The predicted molar refractivity (Wildman–Crippen MR) is 117 cm³/mol. The van der Waals surface area contributed by atoms with Gasteiger partial charge in [-0.05, 0) is 36.8 Å². The number of hydrogen-bond acceptors (Lipinski definition) is 6. The molecule has 1 aliphatic heterocycles. The second-order valence-electron chi connectivity index (χ2n) is 6.40. The van der Waals surface area contributed by atoms with E-state index >= 15 is 0 Å². The van der Waals surface area contributed by atoms with Crippen LogP contribution < -0.4 is 4.90 Å². The number of para-hydroxylation sites is 1. The van der Waals surface area contributed by atoms with E-state index in [0.29, 0.717) is 16.4 Å². The zero-order valence-corrected chi connectivity index (χ0v) is 18.4. The number of thioether (sulfide) groups is 2. The van der Waals surface area contributed by atoms with Crippen LogP contribution in [0.3, 0.4) is 0 Å². The van der Waals surface area contributed by atoms with Crippen LogP contribution in [0, 0.1) is 0 Å². The van der Waals surface area contributed by atoms with Gasteiger partial charge < -0.3 is 9.32 Å². The lowest BCUT2D eigenvalue weighted by atomic mass is 10.2. The van der Waals surface area contributed by atoms with Crippen LogP contribution in [0.15, 0.2) is 67.5 Å². The van der Waals surface area contributed by atoms with Gasteiger partial charge >= 0.3 is 0 Å². The van der Waals surface area contributed by atoms with Crippen LogP contribution in [0.25, 0.3) is 11.5 Å². The Balaban J connectivity index is 1.45. The van der Waals surface area contributed by atoms with Gasteiger partial charge in [0.1, 0.15) is 0 Å². The van der Waals surface area contributed by atoms with Crippen molar-refractivity contribution in [2.75, 3.05) is 17.2 Å². The number of nitrogens with zero attached hydrogens (tertiary/aromatic N) is 3. The average Bonchev–Trinajstić information content (AvgIpc) is 3.10. The number of anilines is 1. The molecular weight excluding hydrogens is 458 g/mol. The number of amides is 1. The van der Waals surface area contributed by atoms with Crippen LogP contribution >= 0.6 is 39.5 Å². The molecule has 1 aliphatic rings. The van der Waals surface area contributed by atoms with Crippen molar-refractivity contribution in [2.24, 2.45) is 0 Å². The number of halogens is 1. The third-order valence-electron chi connectivity index (χ3n) is 4.34. The largest absolute Gasteiger partial charge is 0.411 e. The minimum Gasteiger partial charge on any atom is -0.411 e. The number of benzene rings is 2. The zero-order valence-electron chi connectivity index (χ0n) is 15.2. The third-order valence-corrected chi connectivity index (χ3v) is 6.88. The Morgan fingerprint density at radius 1 is 1.29 bits per heavy atom. The van der Waals surface area contributed by atoms with Crippen LogP contribution in [0.1, 0.15) is 13.3 Å². The van der Waals surface area contributed by atoms with Crippen LogP contribution in [-0.4, -0.2) is 33.7 Å². The van der Waals surface area contributed by atoms with Gasteiger partial charge in [0.15, 0.2) is 0 Å². The molecule has 2 aromatic carbocycles. The summed E-state index contributed by atoms with van der Waals surface area (Å²) >= 11 is 6.54. The molecule has 1 amide bonds. The fraction of sp³-hybridized carbons (Fsp3) is 0.250. The van der Waals surface area contributed by atoms with E-state index in [9.17, 15) is 4.79 Å². The monoisotopic (exact) mass is 475 g/mol. The highest BCUT2D eigenvalue weighted by atomic mass is 79.9. The minimum absolute atomic E-state index is 0.0503. The third kappa shape index (κ3) is 4.45. The van der Waals surface area contributed by atoms with E-state index < -0.39 is 0 Å². The van der Waals surface area contributed by atoms with Crippen molar-refractivity contribution in [1.82, 2.24) is 10.2 Å². The highest BCUT2D eigenvalue weighted by molar-refractivity contribution is 9.10. The second kappa shape index (κ2) is 8.71. The van der Waals surface area contributed by atoms with E-state index in [0.717, 1.165) is 33.6 Å². The van der Waals surface area contributed by atoms with Gasteiger partial charge in [0.05, 0.1) is 11.4 Å². The maximum atomic E-state index is 12.9. The van der Waals surface area contributed by atoms with Crippen molar-refractivity contribution in [3.63, 3.8) is 0 Å². The van der Waals surface area contributed by atoms with Gasteiger partial charge in [-0.15, -0.1) is 22.0 Å². The van der Waals surface area contributed by atoms with Crippen LogP contribution in [0.5, 0.6) is 0 Å². The standard InChI is InChI=1S/C20H18BrN3O2S2/c1-13-9-10-24(16-7-2-3-8-17(16)28-13)18(25)12-27-20-23-22-19(26-20)14-5-4-6-15(21)11-14/h2-8,11,13H,9-10,12H2,1H3. The first-order valence-corrected chi connectivity index (χ1v) is 11.5. The SMILES string of the molecule is CC1CCN(C(=O)CSc2nnc(-c3cccc(Br)c3)o2)c2ccccc2S1. The number of rotatable bonds is 4. The molecule has 0 fully saturated rings. The first kappa shape index (κ1) is 19.5. The Morgan fingerprint density at radius 2 is 2.14 bits per heavy atom. The minimum atomic E-state index is 0.0503. The van der Waals surface area contributed by atoms with E-state index in [-0.39, 0.29) is 11.7 Å². The van der Waals surface area contributed by atoms with Crippen molar-refractivity contribution in [1.29, 1.82) is 0 Å². The molecule has 0 saturated heterocycles. The Hall–Kier alpha value is -1.77. The summed E-state index contributed by atoms with van der Waals surface area (Å²) in [6, 6.07) is 15.8. The summed E-state index contributed by atoms with van der Waals surface area (Å²) in [5, 5.41) is 9.04. The van der Waals surface area contributed by atoms with Crippen molar-refractivity contribution in [3.8, 4) is 11.5 Å². The number of hydrogen-bond donors (Lipinski definition) is 0. The van der Waals surface area contributed by atoms with Crippen LogP contribution in [-0.2, 0) is 4.79 Å². The molecule has 1 unspecified atom stereocenters. The highest BCUT2D eigenvalue weighted by Gasteiger charge is 2.24. The molecular formula is C20H18BrN3O2S2. The Bertz CT molecular complexity index is 995. The predicted octanol–water partition coefficient (Wildman–Crippen LogP) is 5.51. The summed E-state index contributed by atoms with van der Waals surface area (Å²) in [4.78, 5) is 15.9. The van der Waals surface area contributed by atoms with E-state index in [1.165, 1.54) is 11.8 Å². The molecule has 144 valence electrons. The summed E-state index contributed by atoms with van der Waals surface area (Å²) in [5.41, 5.74) is 1.83. The average molecular weight is 476 g/mol. The molecule has 4 rings (SSSR count). The topological polar surface area (TPSA) is 59.2 Å². The summed E-state index contributed by atoms with van der Waals surface area (Å²) in [6.07, 6.45) is 0.962. The van der Waals surface area contributed by atoms with Crippen molar-refractivity contribution in [2.45, 2.75) is 28.7 Å². The number of carbonyl (C=O) groups excluding carboxylic acids is 1. The maximum Gasteiger partial charge on any atom is 0.277 e. The smallest absolute Gasteiger partial charge is 0.277 e. The molecule has 0 aliphatic carbocycles. The molecule has 0 bridgehead atoms. The number of fused-ring (bicyclic) bond motifs is 1. The van der Waals surface area contributed by atoms with Crippen molar-refractivity contribution < 1.29 is 9.21 Å². The first-order valence-electron chi connectivity index (χ1n) is 8.88. The summed E-state index contributed by atoms with van der Waals surface area (Å²) in [6.45, 7) is 2.92.